The lowest BCUT2D eigenvalue weighted by Gasteiger charge is -2.15. The highest BCUT2D eigenvalue weighted by atomic mass is 32.1. The average molecular weight is 418 g/mol. The predicted molar refractivity (Wildman–Crippen MR) is 123 cm³/mol. The highest BCUT2D eigenvalue weighted by Crippen LogP contribution is 2.31. The molecule has 0 saturated heterocycles. The number of anilines is 1. The first kappa shape index (κ1) is 20.0. The van der Waals surface area contributed by atoms with Gasteiger partial charge in [0.25, 0.3) is 5.56 Å². The third-order valence-electron chi connectivity index (χ3n) is 5.31. The molecule has 0 aliphatic heterocycles. The van der Waals surface area contributed by atoms with Crippen molar-refractivity contribution in [2.75, 3.05) is 5.32 Å². The number of nitrogens with zero attached hydrogens (tertiary/aromatic N) is 2. The molecule has 0 radical (unpaired) electrons. The molecular weight excluding hydrogens is 394 g/mol. The Kier molecular flexibility index (Phi) is 5.50. The molecule has 2 aromatic heterocycles. The fourth-order valence-electron chi connectivity index (χ4n) is 3.36. The van der Waals surface area contributed by atoms with E-state index in [1.165, 1.54) is 27.8 Å². The molecular formula is C24H23N3O2S. The van der Waals surface area contributed by atoms with Gasteiger partial charge >= 0.3 is 0 Å². The van der Waals surface area contributed by atoms with E-state index in [1.807, 2.05) is 60.8 Å². The van der Waals surface area contributed by atoms with Gasteiger partial charge in [0.1, 0.15) is 10.9 Å². The molecule has 0 unspecified atom stereocenters. The number of aromatic nitrogens is 2. The van der Waals surface area contributed by atoms with E-state index in [2.05, 4.69) is 17.2 Å². The van der Waals surface area contributed by atoms with Crippen LogP contribution in [0.5, 0.6) is 0 Å². The van der Waals surface area contributed by atoms with Gasteiger partial charge in [-0.05, 0) is 43.5 Å². The summed E-state index contributed by atoms with van der Waals surface area (Å²) >= 11 is 1.44. The highest BCUT2D eigenvalue weighted by molar-refractivity contribution is 7.17. The molecule has 2 heterocycles. The number of fused-ring (bicyclic) bond motifs is 1. The number of nitrogens with one attached hydrogen (secondary N) is 1. The van der Waals surface area contributed by atoms with Crippen LogP contribution in [0.25, 0.3) is 21.3 Å². The molecule has 4 rings (SSSR count). The zero-order valence-corrected chi connectivity index (χ0v) is 18.0. The SMILES string of the molecule is CCc1ccc(NC(=O)[C@@H](C)n2cnc3scc(-c4ccc(C)cc4)c3c2=O)cc1. The summed E-state index contributed by atoms with van der Waals surface area (Å²) < 4.78 is 1.41. The van der Waals surface area contributed by atoms with Gasteiger partial charge in [0.05, 0.1) is 11.7 Å². The molecule has 0 aliphatic rings. The Balaban J connectivity index is 1.67. The van der Waals surface area contributed by atoms with E-state index >= 15 is 0 Å². The first-order valence-electron chi connectivity index (χ1n) is 9.93. The molecule has 5 nitrogen and oxygen atoms in total. The molecule has 0 bridgehead atoms. The Morgan fingerprint density at radius 2 is 1.83 bits per heavy atom. The molecule has 1 atom stereocenters. The monoisotopic (exact) mass is 417 g/mol. The quantitative estimate of drug-likeness (QED) is 0.486. The first-order chi connectivity index (χ1) is 14.5. The highest BCUT2D eigenvalue weighted by Gasteiger charge is 2.20. The van der Waals surface area contributed by atoms with E-state index in [9.17, 15) is 9.59 Å². The molecule has 1 N–H and O–H groups in total. The van der Waals surface area contributed by atoms with E-state index in [4.69, 9.17) is 0 Å². The fraction of sp³-hybridized carbons (Fsp3) is 0.208. The minimum atomic E-state index is -0.689. The number of benzene rings is 2. The van der Waals surface area contributed by atoms with E-state index in [0.29, 0.717) is 15.9 Å². The zero-order chi connectivity index (χ0) is 21.3. The van der Waals surface area contributed by atoms with E-state index < -0.39 is 6.04 Å². The molecule has 2 aromatic carbocycles. The Bertz CT molecular complexity index is 1250. The van der Waals surface area contributed by atoms with Crippen molar-refractivity contribution in [3.05, 3.63) is 81.7 Å². The largest absolute Gasteiger partial charge is 0.324 e. The van der Waals surface area contributed by atoms with Crippen LogP contribution in [0.3, 0.4) is 0 Å². The third kappa shape index (κ3) is 3.78. The molecule has 152 valence electrons. The van der Waals surface area contributed by atoms with Crippen LogP contribution in [0.4, 0.5) is 5.69 Å². The molecule has 1 amide bonds. The summed E-state index contributed by atoms with van der Waals surface area (Å²) in [6.07, 6.45) is 2.40. The van der Waals surface area contributed by atoms with Crippen molar-refractivity contribution in [3.8, 4) is 11.1 Å². The van der Waals surface area contributed by atoms with Crippen molar-refractivity contribution >= 4 is 33.1 Å². The minimum absolute atomic E-state index is 0.208. The lowest BCUT2D eigenvalue weighted by Crippen LogP contribution is -2.31. The van der Waals surface area contributed by atoms with Gasteiger partial charge in [0, 0.05) is 16.6 Å². The number of rotatable bonds is 5. The van der Waals surface area contributed by atoms with Crippen LogP contribution >= 0.6 is 11.3 Å². The van der Waals surface area contributed by atoms with Crippen molar-refractivity contribution in [3.63, 3.8) is 0 Å². The standard InChI is InChI=1S/C24H23N3O2S/c1-4-17-7-11-19(12-8-17)26-22(28)16(3)27-14-25-23-21(24(27)29)20(13-30-23)18-9-5-15(2)6-10-18/h5-14,16H,4H2,1-3H3,(H,26,28)/t16-/m1/s1. The summed E-state index contributed by atoms with van der Waals surface area (Å²) in [7, 11) is 0. The Morgan fingerprint density at radius 1 is 1.13 bits per heavy atom. The van der Waals surface area contributed by atoms with Crippen LogP contribution < -0.4 is 10.9 Å². The second kappa shape index (κ2) is 8.24. The van der Waals surface area contributed by atoms with Gasteiger partial charge in [0.15, 0.2) is 0 Å². The van der Waals surface area contributed by atoms with Gasteiger partial charge in [0.2, 0.25) is 5.91 Å². The number of amides is 1. The minimum Gasteiger partial charge on any atom is -0.324 e. The molecule has 6 heteroatoms. The van der Waals surface area contributed by atoms with Crippen molar-refractivity contribution in [2.45, 2.75) is 33.2 Å². The zero-order valence-electron chi connectivity index (χ0n) is 17.2. The summed E-state index contributed by atoms with van der Waals surface area (Å²) in [6.45, 7) is 5.82. The topological polar surface area (TPSA) is 64.0 Å². The van der Waals surface area contributed by atoms with Crippen molar-refractivity contribution < 1.29 is 4.79 Å². The van der Waals surface area contributed by atoms with Crippen LogP contribution in [0.15, 0.2) is 65.0 Å². The fourth-order valence-corrected chi connectivity index (χ4v) is 4.27. The lowest BCUT2D eigenvalue weighted by molar-refractivity contribution is -0.118. The normalized spacial score (nSPS) is 12.1. The van der Waals surface area contributed by atoms with Gasteiger partial charge in [-0.1, -0.05) is 48.9 Å². The summed E-state index contributed by atoms with van der Waals surface area (Å²) in [5.41, 5.74) is 4.68. The summed E-state index contributed by atoms with van der Waals surface area (Å²) in [5, 5.41) is 5.40. The van der Waals surface area contributed by atoms with Crippen LogP contribution in [0.2, 0.25) is 0 Å². The second-order valence-corrected chi connectivity index (χ2v) is 8.23. The van der Waals surface area contributed by atoms with Gasteiger partial charge in [-0.15, -0.1) is 11.3 Å². The number of aryl methyl sites for hydroxylation is 2. The van der Waals surface area contributed by atoms with Crippen LogP contribution in [0, 0.1) is 6.92 Å². The number of hydrogen-bond acceptors (Lipinski definition) is 4. The van der Waals surface area contributed by atoms with E-state index in [-0.39, 0.29) is 11.5 Å². The predicted octanol–water partition coefficient (Wildman–Crippen LogP) is 5.20. The third-order valence-corrected chi connectivity index (χ3v) is 6.19. The van der Waals surface area contributed by atoms with Gasteiger partial charge < -0.3 is 5.32 Å². The maximum absolute atomic E-state index is 13.3. The van der Waals surface area contributed by atoms with Gasteiger partial charge in [-0.25, -0.2) is 4.98 Å². The Hall–Kier alpha value is -3.25. The van der Waals surface area contributed by atoms with Gasteiger partial charge in [-0.2, -0.15) is 0 Å². The van der Waals surface area contributed by atoms with Crippen molar-refractivity contribution in [1.82, 2.24) is 9.55 Å². The summed E-state index contributed by atoms with van der Waals surface area (Å²) in [4.78, 5) is 31.2. The Labute approximate surface area is 179 Å². The summed E-state index contributed by atoms with van der Waals surface area (Å²) in [5.74, 6) is -0.255. The maximum atomic E-state index is 13.3. The maximum Gasteiger partial charge on any atom is 0.263 e. The van der Waals surface area contributed by atoms with E-state index in [0.717, 1.165) is 23.1 Å². The van der Waals surface area contributed by atoms with E-state index in [1.54, 1.807) is 6.92 Å². The van der Waals surface area contributed by atoms with Crippen LogP contribution in [-0.4, -0.2) is 15.5 Å². The van der Waals surface area contributed by atoms with Crippen molar-refractivity contribution in [2.24, 2.45) is 0 Å². The molecule has 4 aromatic rings. The molecule has 30 heavy (non-hydrogen) atoms. The molecule has 0 spiro atoms. The summed E-state index contributed by atoms with van der Waals surface area (Å²) in [6, 6.07) is 15.1. The molecule has 0 fully saturated rings. The number of carbonyl (C=O) groups is 1. The lowest BCUT2D eigenvalue weighted by atomic mass is 10.0. The average Bonchev–Trinajstić information content (AvgIpc) is 3.19. The second-order valence-electron chi connectivity index (χ2n) is 7.37. The Morgan fingerprint density at radius 3 is 2.50 bits per heavy atom. The number of thiophene rings is 1. The van der Waals surface area contributed by atoms with Crippen LogP contribution in [-0.2, 0) is 11.2 Å². The van der Waals surface area contributed by atoms with Crippen molar-refractivity contribution in [1.29, 1.82) is 0 Å². The number of carbonyl (C=O) groups excluding carboxylic acids is 1. The van der Waals surface area contributed by atoms with Gasteiger partial charge in [-0.3, -0.25) is 14.2 Å². The molecule has 0 saturated carbocycles. The van der Waals surface area contributed by atoms with Crippen LogP contribution in [0.1, 0.15) is 31.0 Å². The number of hydrogen-bond donors (Lipinski definition) is 1. The first-order valence-corrected chi connectivity index (χ1v) is 10.8. The smallest absolute Gasteiger partial charge is 0.263 e. The molecule has 0 aliphatic carbocycles.